The monoisotopic (exact) mass is 146 g/mol. The summed E-state index contributed by atoms with van der Waals surface area (Å²) in [5.74, 6) is -1.02. The van der Waals surface area contributed by atoms with Crippen molar-refractivity contribution < 1.29 is 14.6 Å². The number of hydrogen-bond donors (Lipinski definition) is 1. The Morgan fingerprint density at radius 1 is 1.60 bits per heavy atom. The normalized spacial score (nSPS) is 27.3. The maximum atomic E-state index is 9.20. The van der Waals surface area contributed by atoms with Gasteiger partial charge in [0.2, 0.25) is 0 Å². The van der Waals surface area contributed by atoms with E-state index < -0.39 is 5.79 Å². The lowest BCUT2D eigenvalue weighted by Crippen LogP contribution is -2.30. The molecule has 0 aromatic rings. The van der Waals surface area contributed by atoms with Gasteiger partial charge < -0.3 is 14.6 Å². The van der Waals surface area contributed by atoms with Crippen molar-refractivity contribution in [3.05, 3.63) is 0 Å². The van der Waals surface area contributed by atoms with E-state index in [1.54, 1.807) is 13.8 Å². The topological polar surface area (TPSA) is 38.7 Å². The minimum atomic E-state index is -1.02. The lowest BCUT2D eigenvalue weighted by molar-refractivity contribution is -0.204. The Balaban J connectivity index is 2.24. The van der Waals surface area contributed by atoms with Gasteiger partial charge in [-0.3, -0.25) is 0 Å². The first-order valence-corrected chi connectivity index (χ1v) is 3.56. The molecule has 0 spiro atoms. The van der Waals surface area contributed by atoms with Crippen molar-refractivity contribution >= 4 is 0 Å². The highest BCUT2D eigenvalue weighted by molar-refractivity contribution is 4.65. The fraction of sp³-hybridized carbons (Fsp3) is 1.00. The minimum absolute atomic E-state index is 0.0833. The summed E-state index contributed by atoms with van der Waals surface area (Å²) in [5, 5.41) is 9.20. The fourth-order valence-electron chi connectivity index (χ4n) is 1.01. The maximum Gasteiger partial charge on any atom is 0.160 e. The summed E-state index contributed by atoms with van der Waals surface area (Å²) < 4.78 is 10.3. The molecule has 1 aliphatic heterocycles. The Morgan fingerprint density at radius 3 is 2.70 bits per heavy atom. The Morgan fingerprint density at radius 2 is 2.30 bits per heavy atom. The Labute approximate surface area is 60.9 Å². The quantitative estimate of drug-likeness (QED) is 0.577. The summed E-state index contributed by atoms with van der Waals surface area (Å²) in [4.78, 5) is 0. The van der Waals surface area contributed by atoms with Crippen LogP contribution in [0.1, 0.15) is 20.3 Å². The zero-order valence-electron chi connectivity index (χ0n) is 6.46. The van der Waals surface area contributed by atoms with Crippen LogP contribution in [0.15, 0.2) is 0 Å². The molecule has 0 bridgehead atoms. The molecule has 0 unspecified atom stereocenters. The molecule has 1 aliphatic rings. The summed E-state index contributed by atoms with van der Waals surface area (Å²) in [7, 11) is 0. The van der Waals surface area contributed by atoms with E-state index in [0.717, 1.165) is 13.0 Å². The van der Waals surface area contributed by atoms with E-state index in [0.29, 0.717) is 6.61 Å². The van der Waals surface area contributed by atoms with Gasteiger partial charge in [0.25, 0.3) is 0 Å². The van der Waals surface area contributed by atoms with Gasteiger partial charge in [-0.15, -0.1) is 0 Å². The van der Waals surface area contributed by atoms with Crippen LogP contribution in [0.5, 0.6) is 0 Å². The van der Waals surface area contributed by atoms with Crippen LogP contribution in [0.3, 0.4) is 0 Å². The fourth-order valence-corrected chi connectivity index (χ4v) is 1.01. The van der Waals surface area contributed by atoms with Crippen molar-refractivity contribution in [2.75, 3.05) is 13.2 Å². The Bertz CT molecular complexity index is 99.9. The third-order valence-electron chi connectivity index (χ3n) is 1.34. The molecule has 1 atom stereocenters. The molecule has 0 aromatic carbocycles. The van der Waals surface area contributed by atoms with Gasteiger partial charge in [0.05, 0.1) is 12.7 Å². The van der Waals surface area contributed by atoms with E-state index in [9.17, 15) is 5.11 Å². The van der Waals surface area contributed by atoms with Crippen LogP contribution >= 0.6 is 0 Å². The van der Waals surface area contributed by atoms with E-state index in [2.05, 4.69) is 0 Å². The molecule has 0 aromatic heterocycles. The van der Waals surface area contributed by atoms with Gasteiger partial charge in [-0.05, 0) is 20.3 Å². The zero-order valence-corrected chi connectivity index (χ0v) is 6.46. The highest BCUT2D eigenvalue weighted by atomic mass is 16.6. The average molecular weight is 146 g/mol. The zero-order chi connectivity index (χ0) is 7.61. The van der Waals surface area contributed by atoms with Gasteiger partial charge in [-0.25, -0.2) is 0 Å². The van der Waals surface area contributed by atoms with Crippen molar-refractivity contribution in [1.29, 1.82) is 0 Å². The first kappa shape index (κ1) is 7.98. The first-order chi connectivity index (χ1) is 4.58. The van der Waals surface area contributed by atoms with Gasteiger partial charge in [0.15, 0.2) is 5.79 Å². The Kier molecular flexibility index (Phi) is 2.28. The van der Waals surface area contributed by atoms with Crippen molar-refractivity contribution in [2.24, 2.45) is 0 Å². The Hall–Kier alpha value is -0.120. The standard InChI is InChI=1S/C7H14O3/c1-7(2,8)10-6-3-4-9-5-6/h6,8H,3-5H2,1-2H3/t6-/m1/s1. The summed E-state index contributed by atoms with van der Waals surface area (Å²) >= 11 is 0. The van der Waals surface area contributed by atoms with Crippen molar-refractivity contribution in [2.45, 2.75) is 32.2 Å². The predicted octanol–water partition coefficient (Wildman–Crippen LogP) is 0.520. The van der Waals surface area contributed by atoms with Crippen LogP contribution in [-0.2, 0) is 9.47 Å². The number of rotatable bonds is 2. The summed E-state index contributed by atoms with van der Waals surface area (Å²) in [5.41, 5.74) is 0. The molecule has 0 aliphatic carbocycles. The molecule has 1 rings (SSSR count). The van der Waals surface area contributed by atoms with Crippen LogP contribution in [0, 0.1) is 0 Å². The highest BCUT2D eigenvalue weighted by Crippen LogP contribution is 2.14. The highest BCUT2D eigenvalue weighted by Gasteiger charge is 2.23. The van der Waals surface area contributed by atoms with E-state index in [-0.39, 0.29) is 6.10 Å². The average Bonchev–Trinajstić information content (AvgIpc) is 2.12. The van der Waals surface area contributed by atoms with Gasteiger partial charge in [-0.2, -0.15) is 0 Å². The summed E-state index contributed by atoms with van der Waals surface area (Å²) in [6.07, 6.45) is 0.976. The van der Waals surface area contributed by atoms with Crippen LogP contribution in [0.4, 0.5) is 0 Å². The third kappa shape index (κ3) is 2.64. The second kappa shape index (κ2) is 2.86. The minimum Gasteiger partial charge on any atom is -0.379 e. The molecule has 60 valence electrons. The number of ether oxygens (including phenoxy) is 2. The predicted molar refractivity (Wildman–Crippen MR) is 36.6 cm³/mol. The van der Waals surface area contributed by atoms with Crippen LogP contribution < -0.4 is 0 Å². The summed E-state index contributed by atoms with van der Waals surface area (Å²) in [6.45, 7) is 4.63. The smallest absolute Gasteiger partial charge is 0.160 e. The largest absolute Gasteiger partial charge is 0.379 e. The molecule has 0 amide bonds. The lowest BCUT2D eigenvalue weighted by Gasteiger charge is -2.21. The van der Waals surface area contributed by atoms with Gasteiger partial charge in [0.1, 0.15) is 0 Å². The second-order valence-electron chi connectivity index (χ2n) is 3.05. The molecule has 10 heavy (non-hydrogen) atoms. The van der Waals surface area contributed by atoms with Crippen molar-refractivity contribution in [3.8, 4) is 0 Å². The molecule has 0 saturated carbocycles. The SMILES string of the molecule is CC(C)(O)O[C@@H]1CCOC1. The second-order valence-corrected chi connectivity index (χ2v) is 3.05. The van der Waals surface area contributed by atoms with Crippen LogP contribution in [0.2, 0.25) is 0 Å². The van der Waals surface area contributed by atoms with Crippen LogP contribution in [-0.4, -0.2) is 30.2 Å². The summed E-state index contributed by atoms with van der Waals surface area (Å²) in [6, 6.07) is 0. The van der Waals surface area contributed by atoms with E-state index in [1.165, 1.54) is 0 Å². The van der Waals surface area contributed by atoms with Gasteiger partial charge in [0, 0.05) is 6.61 Å². The maximum absolute atomic E-state index is 9.20. The number of aliphatic hydroxyl groups is 1. The molecular weight excluding hydrogens is 132 g/mol. The molecule has 1 heterocycles. The molecule has 1 N–H and O–H groups in total. The van der Waals surface area contributed by atoms with Gasteiger partial charge >= 0.3 is 0 Å². The van der Waals surface area contributed by atoms with E-state index in [4.69, 9.17) is 9.47 Å². The van der Waals surface area contributed by atoms with E-state index >= 15 is 0 Å². The third-order valence-corrected chi connectivity index (χ3v) is 1.34. The van der Waals surface area contributed by atoms with E-state index in [1.807, 2.05) is 0 Å². The molecule has 3 heteroatoms. The molecule has 3 nitrogen and oxygen atoms in total. The molecule has 0 radical (unpaired) electrons. The number of hydrogen-bond acceptors (Lipinski definition) is 3. The first-order valence-electron chi connectivity index (χ1n) is 3.56. The molecule has 1 saturated heterocycles. The van der Waals surface area contributed by atoms with Crippen molar-refractivity contribution in [1.82, 2.24) is 0 Å². The molecule has 1 fully saturated rings. The van der Waals surface area contributed by atoms with Crippen molar-refractivity contribution in [3.63, 3.8) is 0 Å². The lowest BCUT2D eigenvalue weighted by atomic mass is 10.3. The van der Waals surface area contributed by atoms with Gasteiger partial charge in [-0.1, -0.05) is 0 Å². The molecular formula is C7H14O3. The van der Waals surface area contributed by atoms with Crippen LogP contribution in [0.25, 0.3) is 0 Å².